The number of nitrogens with zero attached hydrogens (tertiary/aromatic N) is 1. The highest BCUT2D eigenvalue weighted by Crippen LogP contribution is 2.18. The first-order valence-corrected chi connectivity index (χ1v) is 7.87. The number of thioether (sulfide) groups is 1. The molecule has 0 saturated carbocycles. The molecule has 1 aromatic carbocycles. The van der Waals surface area contributed by atoms with E-state index in [1.165, 1.54) is 12.1 Å². The van der Waals surface area contributed by atoms with Gasteiger partial charge in [0.1, 0.15) is 5.82 Å². The van der Waals surface area contributed by atoms with Crippen molar-refractivity contribution in [3.8, 4) is 0 Å². The molecule has 1 aromatic rings. The topological polar surface area (TPSA) is 20.3 Å². The van der Waals surface area contributed by atoms with E-state index in [2.05, 4.69) is 15.9 Å². The van der Waals surface area contributed by atoms with Crippen molar-refractivity contribution in [1.82, 2.24) is 4.90 Å². The van der Waals surface area contributed by atoms with E-state index >= 15 is 0 Å². The standard InChI is InChI=1S/C13H17BrFNOS/c1-9(6-7-18-3)16(2)13(17)11-8-10(14)4-5-12(11)15/h4-5,8-9H,6-7H2,1-3H3. The quantitative estimate of drug-likeness (QED) is 0.816. The van der Waals surface area contributed by atoms with Crippen LogP contribution in [0.25, 0.3) is 0 Å². The summed E-state index contributed by atoms with van der Waals surface area (Å²) in [5.41, 5.74) is 0.114. The Morgan fingerprint density at radius 1 is 1.56 bits per heavy atom. The minimum atomic E-state index is -0.480. The maximum absolute atomic E-state index is 13.6. The molecule has 0 aliphatic carbocycles. The average molecular weight is 334 g/mol. The van der Waals surface area contributed by atoms with Crippen LogP contribution in [0.2, 0.25) is 0 Å². The number of carbonyl (C=O) groups excluding carboxylic acids is 1. The lowest BCUT2D eigenvalue weighted by Gasteiger charge is -2.25. The average Bonchev–Trinajstić information content (AvgIpc) is 2.37. The summed E-state index contributed by atoms with van der Waals surface area (Å²) in [5.74, 6) is 0.231. The molecule has 0 aromatic heterocycles. The molecule has 0 bridgehead atoms. The minimum absolute atomic E-state index is 0.100. The van der Waals surface area contributed by atoms with E-state index < -0.39 is 5.82 Å². The Morgan fingerprint density at radius 3 is 2.83 bits per heavy atom. The highest BCUT2D eigenvalue weighted by atomic mass is 79.9. The van der Waals surface area contributed by atoms with Crippen LogP contribution in [0.3, 0.4) is 0 Å². The lowest BCUT2D eigenvalue weighted by atomic mass is 10.1. The SMILES string of the molecule is CSCCC(C)N(C)C(=O)c1cc(Br)ccc1F. The maximum Gasteiger partial charge on any atom is 0.256 e. The molecule has 0 aliphatic heterocycles. The first kappa shape index (κ1) is 15.5. The zero-order valence-electron chi connectivity index (χ0n) is 10.7. The second-order valence-corrected chi connectivity index (χ2v) is 6.07. The lowest BCUT2D eigenvalue weighted by Crippen LogP contribution is -2.35. The van der Waals surface area contributed by atoms with Crippen molar-refractivity contribution in [2.24, 2.45) is 0 Å². The van der Waals surface area contributed by atoms with E-state index in [0.717, 1.165) is 12.2 Å². The van der Waals surface area contributed by atoms with Crippen molar-refractivity contribution in [2.45, 2.75) is 19.4 Å². The number of benzene rings is 1. The summed E-state index contributed by atoms with van der Waals surface area (Å²) in [6.45, 7) is 1.98. The molecule has 18 heavy (non-hydrogen) atoms. The van der Waals surface area contributed by atoms with E-state index in [9.17, 15) is 9.18 Å². The molecule has 1 atom stereocenters. The Labute approximate surface area is 120 Å². The summed E-state index contributed by atoms with van der Waals surface area (Å²) in [6.07, 6.45) is 2.93. The normalized spacial score (nSPS) is 12.3. The Kier molecular flexibility index (Phi) is 6.15. The van der Waals surface area contributed by atoms with Crippen molar-refractivity contribution >= 4 is 33.6 Å². The molecule has 100 valence electrons. The third-order valence-electron chi connectivity index (χ3n) is 2.88. The van der Waals surface area contributed by atoms with Crippen LogP contribution < -0.4 is 0 Å². The number of hydrogen-bond donors (Lipinski definition) is 0. The third-order valence-corrected chi connectivity index (χ3v) is 4.02. The zero-order valence-corrected chi connectivity index (χ0v) is 13.1. The maximum atomic E-state index is 13.6. The number of rotatable bonds is 5. The van der Waals surface area contributed by atoms with Gasteiger partial charge >= 0.3 is 0 Å². The van der Waals surface area contributed by atoms with Gasteiger partial charge in [-0.1, -0.05) is 15.9 Å². The lowest BCUT2D eigenvalue weighted by molar-refractivity contribution is 0.0736. The molecule has 0 aliphatic rings. The second kappa shape index (κ2) is 7.14. The van der Waals surface area contributed by atoms with Gasteiger partial charge < -0.3 is 4.90 Å². The molecule has 0 heterocycles. The number of halogens is 2. The van der Waals surface area contributed by atoms with Gasteiger partial charge in [0.05, 0.1) is 5.56 Å². The fraction of sp³-hybridized carbons (Fsp3) is 0.462. The summed E-state index contributed by atoms with van der Waals surface area (Å²) < 4.78 is 14.3. The van der Waals surface area contributed by atoms with Gasteiger partial charge in [-0.15, -0.1) is 0 Å². The fourth-order valence-corrected chi connectivity index (χ4v) is 2.47. The predicted molar refractivity (Wildman–Crippen MR) is 78.7 cm³/mol. The Hall–Kier alpha value is -0.550. The van der Waals surface area contributed by atoms with Gasteiger partial charge in [-0.05, 0) is 43.6 Å². The van der Waals surface area contributed by atoms with E-state index in [1.807, 2.05) is 13.2 Å². The van der Waals surface area contributed by atoms with Crippen LogP contribution in [-0.4, -0.2) is 35.9 Å². The van der Waals surface area contributed by atoms with E-state index in [4.69, 9.17) is 0 Å². The molecule has 0 fully saturated rings. The van der Waals surface area contributed by atoms with E-state index in [0.29, 0.717) is 4.47 Å². The van der Waals surface area contributed by atoms with Crippen LogP contribution in [0, 0.1) is 5.82 Å². The Morgan fingerprint density at radius 2 is 2.22 bits per heavy atom. The Balaban J connectivity index is 2.82. The van der Waals surface area contributed by atoms with Crippen LogP contribution in [0.1, 0.15) is 23.7 Å². The summed E-state index contributed by atoms with van der Waals surface area (Å²) in [5, 5.41) is 0. The first-order valence-electron chi connectivity index (χ1n) is 5.68. The van der Waals surface area contributed by atoms with Crippen LogP contribution >= 0.6 is 27.7 Å². The molecule has 1 amide bonds. The van der Waals surface area contributed by atoms with Gasteiger partial charge in [-0.3, -0.25) is 4.79 Å². The van der Waals surface area contributed by atoms with E-state index in [-0.39, 0.29) is 17.5 Å². The summed E-state index contributed by atoms with van der Waals surface area (Å²) in [4.78, 5) is 13.8. The fourth-order valence-electron chi connectivity index (χ4n) is 1.53. The van der Waals surface area contributed by atoms with Crippen LogP contribution in [0.5, 0.6) is 0 Å². The van der Waals surface area contributed by atoms with Gasteiger partial charge in [0.25, 0.3) is 5.91 Å². The molecular formula is C13H17BrFNOS. The highest BCUT2D eigenvalue weighted by molar-refractivity contribution is 9.10. The number of amides is 1. The molecule has 0 spiro atoms. The van der Waals surface area contributed by atoms with Gasteiger partial charge in [0, 0.05) is 17.6 Å². The van der Waals surface area contributed by atoms with Gasteiger partial charge in [-0.25, -0.2) is 4.39 Å². The van der Waals surface area contributed by atoms with Crippen molar-refractivity contribution in [3.63, 3.8) is 0 Å². The molecule has 1 unspecified atom stereocenters. The van der Waals surface area contributed by atoms with E-state index in [1.54, 1.807) is 29.8 Å². The molecule has 2 nitrogen and oxygen atoms in total. The summed E-state index contributed by atoms with van der Waals surface area (Å²) >= 11 is 4.99. The minimum Gasteiger partial charge on any atom is -0.339 e. The van der Waals surface area contributed by atoms with Gasteiger partial charge in [-0.2, -0.15) is 11.8 Å². The summed E-state index contributed by atoms with van der Waals surface area (Å²) in [7, 11) is 1.72. The third kappa shape index (κ3) is 3.99. The van der Waals surface area contributed by atoms with Crippen LogP contribution in [0.4, 0.5) is 4.39 Å². The monoisotopic (exact) mass is 333 g/mol. The van der Waals surface area contributed by atoms with Gasteiger partial charge in [0.15, 0.2) is 0 Å². The van der Waals surface area contributed by atoms with Gasteiger partial charge in [0.2, 0.25) is 0 Å². The van der Waals surface area contributed by atoms with Crippen molar-refractivity contribution in [1.29, 1.82) is 0 Å². The van der Waals surface area contributed by atoms with Crippen LogP contribution in [0.15, 0.2) is 22.7 Å². The van der Waals surface area contributed by atoms with Crippen molar-refractivity contribution in [2.75, 3.05) is 19.1 Å². The zero-order chi connectivity index (χ0) is 13.7. The number of carbonyl (C=O) groups is 1. The molecule has 1 rings (SSSR count). The summed E-state index contributed by atoms with van der Waals surface area (Å²) in [6, 6.07) is 4.51. The second-order valence-electron chi connectivity index (χ2n) is 4.17. The molecule has 0 saturated heterocycles. The first-order chi connectivity index (χ1) is 8.47. The number of hydrogen-bond acceptors (Lipinski definition) is 2. The largest absolute Gasteiger partial charge is 0.339 e. The molecule has 0 N–H and O–H groups in total. The molecule has 5 heteroatoms. The van der Waals surface area contributed by atoms with Crippen LogP contribution in [-0.2, 0) is 0 Å². The smallest absolute Gasteiger partial charge is 0.256 e. The Bertz CT molecular complexity index is 427. The van der Waals surface area contributed by atoms with Crippen molar-refractivity contribution in [3.05, 3.63) is 34.1 Å². The highest BCUT2D eigenvalue weighted by Gasteiger charge is 2.20. The van der Waals surface area contributed by atoms with Crippen molar-refractivity contribution < 1.29 is 9.18 Å². The molecular weight excluding hydrogens is 317 g/mol. The molecule has 0 radical (unpaired) electrons. The predicted octanol–water partition coefficient (Wildman–Crippen LogP) is 3.80.